The summed E-state index contributed by atoms with van der Waals surface area (Å²) in [5.74, 6) is 1.58. The van der Waals surface area contributed by atoms with Crippen LogP contribution in [0.2, 0.25) is 0 Å². The Kier molecular flexibility index (Phi) is 3.01. The zero-order valence-electron chi connectivity index (χ0n) is 13.6. The second kappa shape index (κ2) is 5.24. The van der Waals surface area contributed by atoms with Gasteiger partial charge in [-0.25, -0.2) is 4.68 Å². The van der Waals surface area contributed by atoms with E-state index in [9.17, 15) is 5.26 Å². The smallest absolute Gasteiger partial charge is 0.247 e. The normalized spacial score (nSPS) is 18.0. The Bertz CT molecular complexity index is 956. The molecule has 2 saturated carbocycles. The molecule has 2 aliphatic rings. The maximum Gasteiger partial charge on any atom is 0.247 e. The van der Waals surface area contributed by atoms with Crippen LogP contribution in [-0.4, -0.2) is 25.1 Å². The molecule has 25 heavy (non-hydrogen) atoms. The highest BCUT2D eigenvalue weighted by molar-refractivity contribution is 5.55. The molecular formula is C18H16N6O. The van der Waals surface area contributed by atoms with Gasteiger partial charge in [-0.15, -0.1) is 5.10 Å². The van der Waals surface area contributed by atoms with E-state index in [0.717, 1.165) is 29.7 Å². The van der Waals surface area contributed by atoms with Gasteiger partial charge >= 0.3 is 0 Å². The Morgan fingerprint density at radius 1 is 1.24 bits per heavy atom. The molecular weight excluding hydrogens is 316 g/mol. The number of nitrogens with zero attached hydrogens (tertiary/aromatic N) is 6. The van der Waals surface area contributed by atoms with Gasteiger partial charge in [0.05, 0.1) is 18.3 Å². The van der Waals surface area contributed by atoms with Gasteiger partial charge in [-0.05, 0) is 31.2 Å². The van der Waals surface area contributed by atoms with Gasteiger partial charge in [0.2, 0.25) is 11.7 Å². The molecule has 0 aliphatic heterocycles. The first kappa shape index (κ1) is 14.3. The van der Waals surface area contributed by atoms with Crippen LogP contribution < -0.4 is 0 Å². The van der Waals surface area contributed by atoms with Crippen LogP contribution in [0.5, 0.6) is 0 Å². The predicted molar refractivity (Wildman–Crippen MR) is 87.4 cm³/mol. The maximum absolute atomic E-state index is 9.22. The second-order valence-corrected chi connectivity index (χ2v) is 6.93. The molecule has 3 aromatic rings. The largest absolute Gasteiger partial charge is 0.337 e. The third kappa shape index (κ3) is 2.60. The summed E-state index contributed by atoms with van der Waals surface area (Å²) in [4.78, 5) is 4.40. The fourth-order valence-corrected chi connectivity index (χ4v) is 2.94. The molecule has 0 spiro atoms. The molecule has 2 aromatic heterocycles. The fourth-order valence-electron chi connectivity index (χ4n) is 2.94. The molecule has 2 heterocycles. The van der Waals surface area contributed by atoms with E-state index in [1.54, 1.807) is 0 Å². The van der Waals surface area contributed by atoms with Gasteiger partial charge in [0.1, 0.15) is 5.41 Å². The predicted octanol–water partition coefficient (Wildman–Crippen LogP) is 2.81. The molecule has 0 bridgehead atoms. The summed E-state index contributed by atoms with van der Waals surface area (Å²) in [6.07, 6.45) is 6.09. The van der Waals surface area contributed by atoms with E-state index in [1.165, 1.54) is 12.8 Å². The SMILES string of the molecule is N#CC1(c2nc(-c3ccc(Cn4cc(C5CC5)nn4)cc3)no2)CC1. The quantitative estimate of drug-likeness (QED) is 0.713. The average molecular weight is 332 g/mol. The zero-order chi connectivity index (χ0) is 16.9. The minimum absolute atomic E-state index is 0.435. The first-order chi connectivity index (χ1) is 12.3. The molecule has 5 rings (SSSR count). The van der Waals surface area contributed by atoms with Gasteiger partial charge in [-0.3, -0.25) is 0 Å². The van der Waals surface area contributed by atoms with Crippen molar-refractivity contribution in [3.05, 3.63) is 47.6 Å². The Hall–Kier alpha value is -3.01. The van der Waals surface area contributed by atoms with Crippen molar-refractivity contribution in [2.24, 2.45) is 0 Å². The number of benzene rings is 1. The van der Waals surface area contributed by atoms with E-state index in [4.69, 9.17) is 4.52 Å². The topological polar surface area (TPSA) is 93.4 Å². The van der Waals surface area contributed by atoms with Crippen molar-refractivity contribution in [3.63, 3.8) is 0 Å². The molecule has 0 atom stereocenters. The molecule has 0 saturated heterocycles. The molecule has 124 valence electrons. The lowest BCUT2D eigenvalue weighted by Gasteiger charge is -2.02. The number of hydrogen-bond acceptors (Lipinski definition) is 6. The summed E-state index contributed by atoms with van der Waals surface area (Å²) in [5, 5.41) is 21.7. The minimum Gasteiger partial charge on any atom is -0.337 e. The van der Waals surface area contributed by atoms with Crippen molar-refractivity contribution in [2.45, 2.75) is 43.6 Å². The van der Waals surface area contributed by atoms with Crippen LogP contribution in [0.25, 0.3) is 11.4 Å². The number of nitriles is 1. The first-order valence-corrected chi connectivity index (χ1v) is 8.51. The number of aromatic nitrogens is 5. The van der Waals surface area contributed by atoms with Gasteiger partial charge in [0.15, 0.2) is 0 Å². The van der Waals surface area contributed by atoms with Crippen LogP contribution in [-0.2, 0) is 12.0 Å². The Morgan fingerprint density at radius 3 is 2.72 bits per heavy atom. The highest BCUT2D eigenvalue weighted by atomic mass is 16.5. The van der Waals surface area contributed by atoms with E-state index in [0.29, 0.717) is 24.2 Å². The first-order valence-electron chi connectivity index (χ1n) is 8.51. The fraction of sp³-hybridized carbons (Fsp3) is 0.389. The Morgan fingerprint density at radius 2 is 2.04 bits per heavy atom. The van der Waals surface area contributed by atoms with Crippen molar-refractivity contribution < 1.29 is 4.52 Å². The van der Waals surface area contributed by atoms with Crippen molar-refractivity contribution in [1.82, 2.24) is 25.1 Å². The average Bonchev–Trinajstić information content (AvgIpc) is 3.56. The molecule has 2 fully saturated rings. The van der Waals surface area contributed by atoms with Crippen molar-refractivity contribution in [2.75, 3.05) is 0 Å². The van der Waals surface area contributed by atoms with Crippen LogP contribution in [0.3, 0.4) is 0 Å². The monoisotopic (exact) mass is 332 g/mol. The lowest BCUT2D eigenvalue weighted by molar-refractivity contribution is 0.365. The van der Waals surface area contributed by atoms with E-state index in [1.807, 2.05) is 35.1 Å². The van der Waals surface area contributed by atoms with E-state index in [-0.39, 0.29) is 0 Å². The minimum atomic E-state index is -0.544. The summed E-state index contributed by atoms with van der Waals surface area (Å²) < 4.78 is 7.16. The van der Waals surface area contributed by atoms with Gasteiger partial charge in [0.25, 0.3) is 0 Å². The van der Waals surface area contributed by atoms with E-state index >= 15 is 0 Å². The molecule has 1 aromatic carbocycles. The highest BCUT2D eigenvalue weighted by Crippen LogP contribution is 2.47. The second-order valence-electron chi connectivity index (χ2n) is 6.93. The van der Waals surface area contributed by atoms with Crippen molar-refractivity contribution >= 4 is 0 Å². The standard InChI is InChI=1S/C18H16N6O/c19-11-18(7-8-18)17-20-16(22-25-17)14-3-1-12(2-4-14)9-24-10-15(21-23-24)13-5-6-13/h1-4,10,13H,5-9H2. The molecule has 7 nitrogen and oxygen atoms in total. The highest BCUT2D eigenvalue weighted by Gasteiger charge is 2.50. The number of hydrogen-bond donors (Lipinski definition) is 0. The molecule has 0 amide bonds. The lowest BCUT2D eigenvalue weighted by Crippen LogP contribution is -2.02. The molecule has 7 heteroatoms. The third-order valence-corrected chi connectivity index (χ3v) is 4.91. The maximum atomic E-state index is 9.22. The van der Waals surface area contributed by atoms with Crippen molar-refractivity contribution in [3.8, 4) is 17.5 Å². The molecule has 0 N–H and O–H groups in total. The molecule has 0 unspecified atom stereocenters. The van der Waals surface area contributed by atoms with Gasteiger partial charge < -0.3 is 4.52 Å². The van der Waals surface area contributed by atoms with E-state index in [2.05, 4.69) is 26.5 Å². The third-order valence-electron chi connectivity index (χ3n) is 4.91. The summed E-state index contributed by atoms with van der Waals surface area (Å²) >= 11 is 0. The summed E-state index contributed by atoms with van der Waals surface area (Å²) in [6.45, 7) is 0.690. The van der Waals surface area contributed by atoms with Gasteiger partial charge in [-0.1, -0.05) is 34.6 Å². The summed E-state index contributed by atoms with van der Waals surface area (Å²) in [7, 11) is 0. The van der Waals surface area contributed by atoms with Gasteiger partial charge in [-0.2, -0.15) is 10.2 Å². The molecule has 0 radical (unpaired) electrons. The van der Waals surface area contributed by atoms with Crippen LogP contribution in [0, 0.1) is 11.3 Å². The van der Waals surface area contributed by atoms with Crippen LogP contribution in [0.1, 0.15) is 48.7 Å². The van der Waals surface area contributed by atoms with E-state index < -0.39 is 5.41 Å². The van der Waals surface area contributed by atoms with Crippen LogP contribution in [0.4, 0.5) is 0 Å². The summed E-state index contributed by atoms with van der Waals surface area (Å²) in [6, 6.07) is 10.3. The number of rotatable bonds is 5. The van der Waals surface area contributed by atoms with Crippen LogP contribution >= 0.6 is 0 Å². The Labute approximate surface area is 144 Å². The molecule has 2 aliphatic carbocycles. The van der Waals surface area contributed by atoms with Gasteiger partial charge in [0, 0.05) is 17.7 Å². The van der Waals surface area contributed by atoms with Crippen LogP contribution in [0.15, 0.2) is 35.0 Å². The lowest BCUT2D eigenvalue weighted by atomic mass is 10.1. The Balaban J connectivity index is 1.32. The van der Waals surface area contributed by atoms with Crippen molar-refractivity contribution in [1.29, 1.82) is 5.26 Å². The zero-order valence-corrected chi connectivity index (χ0v) is 13.6. The summed E-state index contributed by atoms with van der Waals surface area (Å²) in [5.41, 5.74) is 2.57.